The summed E-state index contributed by atoms with van der Waals surface area (Å²) in [6.07, 6.45) is 4.32. The van der Waals surface area contributed by atoms with Crippen molar-refractivity contribution >= 4 is 5.91 Å². The maximum Gasteiger partial charge on any atom is 0.248 e. The van der Waals surface area contributed by atoms with Crippen LogP contribution in [0.15, 0.2) is 48.8 Å². The Kier molecular flexibility index (Phi) is 6.76. The lowest BCUT2D eigenvalue weighted by atomic mass is 10.1. The van der Waals surface area contributed by atoms with Gasteiger partial charge in [-0.2, -0.15) is 5.26 Å². The molecular weight excluding hydrogens is 422 g/mol. The number of nitrogens with zero attached hydrogens (tertiary/aromatic N) is 5. The summed E-state index contributed by atoms with van der Waals surface area (Å²) in [6.45, 7) is 0.401. The van der Waals surface area contributed by atoms with Crippen molar-refractivity contribution in [1.29, 1.82) is 5.26 Å². The van der Waals surface area contributed by atoms with E-state index in [9.17, 15) is 10.1 Å². The minimum atomic E-state index is -0.513. The molecule has 1 amide bonds. The Morgan fingerprint density at radius 3 is 2.88 bits per heavy atom. The van der Waals surface area contributed by atoms with Crippen LogP contribution in [0.3, 0.4) is 0 Å². The number of likely N-dealkylation sites (tertiary alicyclic amines) is 1. The number of aliphatic hydroxyl groups is 1. The zero-order chi connectivity index (χ0) is 23.2. The number of ether oxygens (including phenoxy) is 2. The van der Waals surface area contributed by atoms with Gasteiger partial charge in [0, 0.05) is 43.4 Å². The number of pyridine rings is 1. The maximum atomic E-state index is 11.7. The van der Waals surface area contributed by atoms with Crippen LogP contribution in [0.4, 0.5) is 0 Å². The van der Waals surface area contributed by atoms with Gasteiger partial charge in [0.25, 0.3) is 0 Å². The standard InChI is InChI=1S/C24H23N5O4/c1-32-23-11-16(4-7-27-23)10-22-26-8-5-20(28-22)17-2-3-21(18(12-17)13-25)33-19-6-9-29(14-19)24(31)15-30/h2-5,7-8,11-12,19,30H,6,9-10,14-15H2,1H3/t19-/m1/s1. The first-order chi connectivity index (χ1) is 16.1. The van der Waals surface area contributed by atoms with Crippen LogP contribution in [-0.4, -0.2) is 63.8 Å². The van der Waals surface area contributed by atoms with Gasteiger partial charge in [0.2, 0.25) is 11.8 Å². The lowest BCUT2D eigenvalue weighted by Crippen LogP contribution is -2.32. The molecule has 0 aliphatic carbocycles. The average molecular weight is 445 g/mol. The molecule has 3 heterocycles. The Hall–Kier alpha value is -4.03. The van der Waals surface area contributed by atoms with E-state index in [4.69, 9.17) is 14.6 Å². The maximum absolute atomic E-state index is 11.7. The Labute approximate surface area is 191 Å². The number of nitriles is 1. The van der Waals surface area contributed by atoms with Gasteiger partial charge in [-0.1, -0.05) is 0 Å². The summed E-state index contributed by atoms with van der Waals surface area (Å²) in [5.41, 5.74) is 2.84. The van der Waals surface area contributed by atoms with Gasteiger partial charge >= 0.3 is 0 Å². The van der Waals surface area contributed by atoms with Crippen LogP contribution in [-0.2, 0) is 11.2 Å². The topological polar surface area (TPSA) is 121 Å². The third kappa shape index (κ3) is 5.25. The molecule has 1 saturated heterocycles. The number of benzene rings is 1. The molecule has 0 saturated carbocycles. The fourth-order valence-electron chi connectivity index (χ4n) is 3.71. The SMILES string of the molecule is COc1cc(Cc2nccc(-c3ccc(O[C@@H]4CCN(C(=O)CO)C4)c(C#N)c3)n2)ccn1. The van der Waals surface area contributed by atoms with E-state index in [2.05, 4.69) is 21.0 Å². The van der Waals surface area contributed by atoms with Gasteiger partial charge in [0.05, 0.1) is 24.9 Å². The van der Waals surface area contributed by atoms with Gasteiger partial charge in [0.15, 0.2) is 0 Å². The van der Waals surface area contributed by atoms with Crippen molar-refractivity contribution in [2.75, 3.05) is 26.8 Å². The highest BCUT2D eigenvalue weighted by molar-refractivity contribution is 5.77. The number of methoxy groups -OCH3 is 1. The van der Waals surface area contributed by atoms with Crippen LogP contribution in [0.25, 0.3) is 11.3 Å². The smallest absolute Gasteiger partial charge is 0.248 e. The average Bonchev–Trinajstić information content (AvgIpc) is 3.32. The highest BCUT2D eigenvalue weighted by Gasteiger charge is 2.27. The van der Waals surface area contributed by atoms with Crippen molar-refractivity contribution in [3.8, 4) is 29.0 Å². The number of rotatable bonds is 7. The Morgan fingerprint density at radius 2 is 2.09 bits per heavy atom. The second-order valence-corrected chi connectivity index (χ2v) is 7.59. The third-order valence-corrected chi connectivity index (χ3v) is 5.40. The number of hydrogen-bond acceptors (Lipinski definition) is 8. The quantitative estimate of drug-likeness (QED) is 0.586. The zero-order valence-electron chi connectivity index (χ0n) is 18.1. The molecule has 4 rings (SSSR count). The third-order valence-electron chi connectivity index (χ3n) is 5.40. The first-order valence-electron chi connectivity index (χ1n) is 10.5. The molecule has 0 bridgehead atoms. The molecule has 0 spiro atoms. The largest absolute Gasteiger partial charge is 0.487 e. The van der Waals surface area contributed by atoms with E-state index in [-0.39, 0.29) is 12.0 Å². The fraction of sp³-hybridized carbons (Fsp3) is 0.292. The first-order valence-corrected chi connectivity index (χ1v) is 10.5. The highest BCUT2D eigenvalue weighted by atomic mass is 16.5. The van der Waals surface area contributed by atoms with Gasteiger partial charge in [-0.05, 0) is 35.9 Å². The summed E-state index contributed by atoms with van der Waals surface area (Å²) >= 11 is 0. The number of carbonyl (C=O) groups excluding carboxylic acids is 1. The summed E-state index contributed by atoms with van der Waals surface area (Å²) in [5, 5.41) is 18.7. The summed E-state index contributed by atoms with van der Waals surface area (Å²) in [6, 6.07) is 13.0. The second-order valence-electron chi connectivity index (χ2n) is 7.59. The zero-order valence-corrected chi connectivity index (χ0v) is 18.1. The number of aliphatic hydroxyl groups excluding tert-OH is 1. The van der Waals surface area contributed by atoms with Crippen LogP contribution in [0.5, 0.6) is 11.6 Å². The predicted octanol–water partition coefficient (Wildman–Crippen LogP) is 1.98. The summed E-state index contributed by atoms with van der Waals surface area (Å²) in [5.74, 6) is 1.31. The lowest BCUT2D eigenvalue weighted by molar-refractivity contribution is -0.133. The molecule has 9 nitrogen and oxygen atoms in total. The van der Waals surface area contributed by atoms with E-state index in [0.717, 1.165) is 11.1 Å². The molecule has 0 unspecified atom stereocenters. The predicted molar refractivity (Wildman–Crippen MR) is 118 cm³/mol. The summed E-state index contributed by atoms with van der Waals surface area (Å²) in [4.78, 5) is 26.3. The minimum Gasteiger partial charge on any atom is -0.487 e. The normalized spacial score (nSPS) is 15.2. The number of aromatic nitrogens is 3. The van der Waals surface area contributed by atoms with E-state index in [1.165, 1.54) is 0 Å². The molecule has 1 aliphatic rings. The van der Waals surface area contributed by atoms with Gasteiger partial charge in [-0.15, -0.1) is 0 Å². The Balaban J connectivity index is 1.50. The van der Waals surface area contributed by atoms with Crippen molar-refractivity contribution in [1.82, 2.24) is 19.9 Å². The minimum absolute atomic E-state index is 0.221. The number of amides is 1. The van der Waals surface area contributed by atoms with Crippen LogP contribution < -0.4 is 9.47 Å². The molecule has 3 aromatic rings. The van der Waals surface area contributed by atoms with Crippen molar-refractivity contribution in [2.24, 2.45) is 0 Å². The molecule has 1 aliphatic heterocycles. The molecular formula is C24H23N5O4. The van der Waals surface area contributed by atoms with Crippen molar-refractivity contribution in [2.45, 2.75) is 18.9 Å². The number of hydrogen-bond donors (Lipinski definition) is 1. The van der Waals surface area contributed by atoms with Crippen molar-refractivity contribution in [3.05, 3.63) is 65.7 Å². The van der Waals surface area contributed by atoms with Crippen LogP contribution in [0.2, 0.25) is 0 Å². The molecule has 1 fully saturated rings. The Bertz CT molecular complexity index is 1190. The van der Waals surface area contributed by atoms with E-state index in [1.807, 2.05) is 18.2 Å². The molecule has 1 atom stereocenters. The molecule has 168 valence electrons. The monoisotopic (exact) mass is 445 g/mol. The van der Waals surface area contributed by atoms with Crippen LogP contribution in [0, 0.1) is 11.3 Å². The molecule has 2 aromatic heterocycles. The van der Waals surface area contributed by atoms with Gasteiger partial charge in [-0.3, -0.25) is 4.79 Å². The molecule has 0 radical (unpaired) electrons. The van der Waals surface area contributed by atoms with E-state index in [1.54, 1.807) is 42.6 Å². The van der Waals surface area contributed by atoms with E-state index in [0.29, 0.717) is 54.6 Å². The highest BCUT2D eigenvalue weighted by Crippen LogP contribution is 2.28. The van der Waals surface area contributed by atoms with E-state index >= 15 is 0 Å². The summed E-state index contributed by atoms with van der Waals surface area (Å²) in [7, 11) is 1.57. The first kappa shape index (κ1) is 22.2. The Morgan fingerprint density at radius 1 is 1.24 bits per heavy atom. The molecule has 9 heteroatoms. The van der Waals surface area contributed by atoms with E-state index < -0.39 is 6.61 Å². The van der Waals surface area contributed by atoms with Crippen LogP contribution in [0.1, 0.15) is 23.4 Å². The van der Waals surface area contributed by atoms with Crippen LogP contribution >= 0.6 is 0 Å². The van der Waals surface area contributed by atoms with Gasteiger partial charge in [-0.25, -0.2) is 15.0 Å². The van der Waals surface area contributed by atoms with Gasteiger partial charge < -0.3 is 19.5 Å². The fourth-order valence-corrected chi connectivity index (χ4v) is 3.71. The lowest BCUT2D eigenvalue weighted by Gasteiger charge is -2.17. The molecule has 1 N–H and O–H groups in total. The number of carbonyl (C=O) groups is 1. The summed E-state index contributed by atoms with van der Waals surface area (Å²) < 4.78 is 11.2. The van der Waals surface area contributed by atoms with Gasteiger partial charge in [0.1, 0.15) is 30.4 Å². The second kappa shape index (κ2) is 10.1. The van der Waals surface area contributed by atoms with Crippen molar-refractivity contribution in [3.63, 3.8) is 0 Å². The molecule has 33 heavy (non-hydrogen) atoms. The molecule has 1 aromatic carbocycles. The van der Waals surface area contributed by atoms with Crippen molar-refractivity contribution < 1.29 is 19.4 Å².